The van der Waals surface area contributed by atoms with Crippen LogP contribution in [0.25, 0.3) is 0 Å². The Labute approximate surface area is 235 Å². The molecule has 2 rings (SSSR count). The molecular weight excluding hydrogens is 516 g/mol. The number of methoxy groups -OCH3 is 1. The van der Waals surface area contributed by atoms with Gasteiger partial charge in [-0.25, -0.2) is 4.79 Å². The Bertz CT molecular complexity index is 1170. The summed E-state index contributed by atoms with van der Waals surface area (Å²) in [5.74, 6) is 0.167. The van der Waals surface area contributed by atoms with Crippen LogP contribution in [-0.4, -0.2) is 60.1 Å². The van der Waals surface area contributed by atoms with E-state index in [1.807, 2.05) is 44.4 Å². The van der Waals surface area contributed by atoms with E-state index in [9.17, 15) is 19.6 Å². The molecule has 0 saturated carbocycles. The van der Waals surface area contributed by atoms with E-state index in [2.05, 4.69) is 10.6 Å². The summed E-state index contributed by atoms with van der Waals surface area (Å²) >= 11 is 1.52. The molecule has 0 aliphatic carbocycles. The van der Waals surface area contributed by atoms with Gasteiger partial charge in [0.25, 0.3) is 5.91 Å². The van der Waals surface area contributed by atoms with Crippen LogP contribution >= 0.6 is 11.8 Å². The number of carbonyl (C=O) groups is 3. The van der Waals surface area contributed by atoms with Crippen molar-refractivity contribution in [2.45, 2.75) is 58.7 Å². The Balaban J connectivity index is 2.54. The summed E-state index contributed by atoms with van der Waals surface area (Å²) in [6, 6.07) is 12.3. The zero-order chi connectivity index (χ0) is 29.2. The first-order chi connectivity index (χ1) is 18.4. The zero-order valence-corrected chi connectivity index (χ0v) is 24.5. The van der Waals surface area contributed by atoms with E-state index in [4.69, 9.17) is 9.47 Å². The Morgan fingerprint density at radius 2 is 1.69 bits per heavy atom. The average Bonchev–Trinajstić information content (AvgIpc) is 2.86. The normalized spacial score (nSPS) is 12.5. The highest BCUT2D eigenvalue weighted by molar-refractivity contribution is 7.98. The van der Waals surface area contributed by atoms with Gasteiger partial charge in [-0.2, -0.15) is 17.0 Å². The lowest BCUT2D eigenvalue weighted by atomic mass is 9.93. The quantitative estimate of drug-likeness (QED) is 0.375. The van der Waals surface area contributed by atoms with Crippen molar-refractivity contribution in [2.75, 3.05) is 31.0 Å². The van der Waals surface area contributed by atoms with Crippen LogP contribution in [0.15, 0.2) is 42.5 Å². The molecular formula is C29H38N4O5S. The molecule has 10 heteroatoms. The van der Waals surface area contributed by atoms with Crippen LogP contribution in [0.4, 0.5) is 10.5 Å². The van der Waals surface area contributed by atoms with Gasteiger partial charge < -0.3 is 25.0 Å². The second-order valence-corrected chi connectivity index (χ2v) is 11.0. The maximum atomic E-state index is 14.0. The highest BCUT2D eigenvalue weighted by Crippen LogP contribution is 2.30. The predicted molar refractivity (Wildman–Crippen MR) is 154 cm³/mol. The number of nitrogens with zero attached hydrogens (tertiary/aromatic N) is 2. The fraction of sp³-hybridized carbons (Fsp3) is 0.448. The van der Waals surface area contributed by atoms with Crippen molar-refractivity contribution < 1.29 is 23.9 Å². The minimum Gasteiger partial charge on any atom is -0.497 e. The van der Waals surface area contributed by atoms with Gasteiger partial charge in [0.2, 0.25) is 5.91 Å². The van der Waals surface area contributed by atoms with Crippen molar-refractivity contribution in [3.63, 3.8) is 0 Å². The molecule has 0 heterocycles. The Hall–Kier alpha value is -3.71. The lowest BCUT2D eigenvalue weighted by Gasteiger charge is -2.34. The van der Waals surface area contributed by atoms with E-state index in [-0.39, 0.29) is 6.54 Å². The first-order valence-corrected chi connectivity index (χ1v) is 14.0. The summed E-state index contributed by atoms with van der Waals surface area (Å²) in [5.41, 5.74) is 1.95. The molecule has 2 unspecified atom stereocenters. The molecule has 2 aromatic carbocycles. The van der Waals surface area contributed by atoms with Gasteiger partial charge in [-0.1, -0.05) is 18.2 Å². The number of benzene rings is 2. The van der Waals surface area contributed by atoms with E-state index in [1.54, 1.807) is 52.1 Å². The van der Waals surface area contributed by atoms with Gasteiger partial charge in [-0.05, 0) is 94.0 Å². The molecule has 0 spiro atoms. The van der Waals surface area contributed by atoms with Gasteiger partial charge >= 0.3 is 6.09 Å². The number of hydrogen-bond acceptors (Lipinski definition) is 7. The average molecular weight is 555 g/mol. The molecule has 0 saturated heterocycles. The smallest absolute Gasteiger partial charge is 0.408 e. The van der Waals surface area contributed by atoms with Crippen LogP contribution < -0.4 is 15.4 Å². The van der Waals surface area contributed by atoms with Crippen LogP contribution in [0.2, 0.25) is 0 Å². The minimum atomic E-state index is -1.13. The summed E-state index contributed by atoms with van der Waals surface area (Å²) < 4.78 is 10.6. The number of rotatable bonds is 11. The van der Waals surface area contributed by atoms with Gasteiger partial charge in [0, 0.05) is 5.69 Å². The first-order valence-electron chi connectivity index (χ1n) is 12.6. The monoisotopic (exact) mass is 554 g/mol. The third-order valence-corrected chi connectivity index (χ3v) is 6.50. The molecule has 39 heavy (non-hydrogen) atoms. The van der Waals surface area contributed by atoms with Crippen LogP contribution in [0.5, 0.6) is 5.75 Å². The molecule has 2 aromatic rings. The molecule has 9 nitrogen and oxygen atoms in total. The van der Waals surface area contributed by atoms with Crippen molar-refractivity contribution in [3.05, 3.63) is 59.2 Å². The minimum absolute atomic E-state index is 0.292. The number of aryl methyl sites for hydroxylation is 2. The Kier molecular flexibility index (Phi) is 11.7. The molecule has 2 atom stereocenters. The van der Waals surface area contributed by atoms with Crippen LogP contribution in [0.1, 0.15) is 49.9 Å². The summed E-state index contributed by atoms with van der Waals surface area (Å²) in [6.45, 7) is 8.54. The van der Waals surface area contributed by atoms with Crippen molar-refractivity contribution in [1.29, 1.82) is 5.26 Å². The second kappa shape index (κ2) is 14.4. The van der Waals surface area contributed by atoms with E-state index < -0.39 is 35.6 Å². The summed E-state index contributed by atoms with van der Waals surface area (Å²) in [6.07, 6.45) is 1.44. The SMILES string of the molecule is COc1ccc(NC(=O)C(c2c(C)cccc2C)N(CC#N)C(=O)C(CCSC)NC(=O)OC(C)(C)C)cc1. The maximum absolute atomic E-state index is 14.0. The van der Waals surface area contributed by atoms with E-state index in [1.165, 1.54) is 16.7 Å². The number of amides is 3. The molecule has 210 valence electrons. The lowest BCUT2D eigenvalue weighted by Crippen LogP contribution is -2.53. The number of nitrogens with one attached hydrogen (secondary N) is 2. The van der Waals surface area contributed by atoms with Crippen LogP contribution in [0, 0.1) is 25.2 Å². The van der Waals surface area contributed by atoms with Gasteiger partial charge in [0.1, 0.15) is 30.0 Å². The second-order valence-electron chi connectivity index (χ2n) is 10.0. The largest absolute Gasteiger partial charge is 0.497 e. The van der Waals surface area contributed by atoms with Crippen molar-refractivity contribution in [1.82, 2.24) is 10.2 Å². The topological polar surface area (TPSA) is 121 Å². The van der Waals surface area contributed by atoms with Crippen molar-refractivity contribution in [2.24, 2.45) is 0 Å². The van der Waals surface area contributed by atoms with Crippen LogP contribution in [-0.2, 0) is 14.3 Å². The van der Waals surface area contributed by atoms with Gasteiger partial charge in [-0.3, -0.25) is 9.59 Å². The number of thioether (sulfide) groups is 1. The number of carbonyl (C=O) groups excluding carboxylic acids is 3. The molecule has 0 aromatic heterocycles. The van der Waals surface area contributed by atoms with E-state index in [0.717, 1.165) is 11.1 Å². The Morgan fingerprint density at radius 1 is 1.08 bits per heavy atom. The number of alkyl carbamates (subject to hydrolysis) is 1. The number of nitriles is 1. The number of hydrogen-bond donors (Lipinski definition) is 2. The van der Waals surface area contributed by atoms with Crippen molar-refractivity contribution >= 4 is 35.4 Å². The maximum Gasteiger partial charge on any atom is 0.408 e. The molecule has 0 aliphatic heterocycles. The van der Waals surface area contributed by atoms with Gasteiger partial charge in [-0.15, -0.1) is 0 Å². The Morgan fingerprint density at radius 3 is 2.21 bits per heavy atom. The predicted octanol–water partition coefficient (Wildman–Crippen LogP) is 4.99. The van der Waals surface area contributed by atoms with Gasteiger partial charge in [0.05, 0.1) is 13.2 Å². The fourth-order valence-electron chi connectivity index (χ4n) is 4.09. The molecule has 0 fully saturated rings. The third-order valence-electron chi connectivity index (χ3n) is 5.86. The lowest BCUT2D eigenvalue weighted by molar-refractivity contribution is -0.140. The summed E-state index contributed by atoms with van der Waals surface area (Å²) in [5, 5.41) is 15.3. The third kappa shape index (κ3) is 9.21. The zero-order valence-electron chi connectivity index (χ0n) is 23.7. The fourth-order valence-corrected chi connectivity index (χ4v) is 4.56. The molecule has 0 radical (unpaired) electrons. The van der Waals surface area contributed by atoms with Gasteiger partial charge in [0.15, 0.2) is 0 Å². The highest BCUT2D eigenvalue weighted by atomic mass is 32.2. The van der Waals surface area contributed by atoms with E-state index >= 15 is 0 Å². The van der Waals surface area contributed by atoms with E-state index in [0.29, 0.717) is 29.2 Å². The highest BCUT2D eigenvalue weighted by Gasteiger charge is 2.37. The molecule has 0 aliphatic rings. The number of anilines is 1. The molecule has 0 bridgehead atoms. The summed E-state index contributed by atoms with van der Waals surface area (Å²) in [7, 11) is 1.55. The molecule has 3 amide bonds. The van der Waals surface area contributed by atoms with Crippen LogP contribution in [0.3, 0.4) is 0 Å². The van der Waals surface area contributed by atoms with Crippen molar-refractivity contribution in [3.8, 4) is 11.8 Å². The summed E-state index contributed by atoms with van der Waals surface area (Å²) in [4.78, 5) is 41.8. The standard InChI is InChI=1S/C29H38N4O5S/c1-19-9-8-10-20(2)24(19)25(26(34)31-21-11-13-22(37-6)14-12-21)33(17-16-30)27(35)23(15-18-39-7)32-28(36)38-29(3,4)5/h8-14,23,25H,15,17-18H2,1-7H3,(H,31,34)(H,32,36). The molecule has 2 N–H and O–H groups in total. The number of ether oxygens (including phenoxy) is 2. The first kappa shape index (κ1) is 31.5.